The number of hydrogen-bond acceptors (Lipinski definition) is 4. The van der Waals surface area contributed by atoms with Crippen molar-refractivity contribution in [2.24, 2.45) is 0 Å². The molecular formula is C15H10O4. The number of fused-ring (bicyclic) bond motifs is 2. The van der Waals surface area contributed by atoms with E-state index in [-0.39, 0.29) is 28.4 Å². The third-order valence-corrected chi connectivity index (χ3v) is 3.24. The van der Waals surface area contributed by atoms with Gasteiger partial charge in [0.15, 0.2) is 11.6 Å². The van der Waals surface area contributed by atoms with Crippen LogP contribution >= 0.6 is 0 Å². The highest BCUT2D eigenvalue weighted by Crippen LogP contribution is 2.35. The lowest BCUT2D eigenvalue weighted by Gasteiger charge is -2.18. The van der Waals surface area contributed by atoms with Gasteiger partial charge in [-0.15, -0.1) is 0 Å². The second-order valence-electron chi connectivity index (χ2n) is 4.59. The zero-order valence-corrected chi connectivity index (χ0v) is 10.1. The van der Waals surface area contributed by atoms with Gasteiger partial charge in [0, 0.05) is 22.8 Å². The molecule has 3 rings (SSSR count). The van der Waals surface area contributed by atoms with E-state index in [2.05, 4.69) is 0 Å². The molecule has 0 fully saturated rings. The summed E-state index contributed by atoms with van der Waals surface area (Å²) in [4.78, 5) is 24.6. The van der Waals surface area contributed by atoms with Crippen LogP contribution in [0, 0.1) is 6.92 Å². The largest absolute Gasteiger partial charge is 0.508 e. The maximum atomic E-state index is 12.3. The molecule has 4 heteroatoms. The molecule has 0 atom stereocenters. The number of carbonyl (C=O) groups excluding carboxylic acids is 2. The molecule has 0 radical (unpaired) electrons. The first-order valence-electron chi connectivity index (χ1n) is 5.75. The van der Waals surface area contributed by atoms with Crippen molar-refractivity contribution in [3.05, 3.63) is 58.1 Å². The summed E-state index contributed by atoms with van der Waals surface area (Å²) in [6.07, 6.45) is 0. The summed E-state index contributed by atoms with van der Waals surface area (Å²) >= 11 is 0. The highest BCUT2D eigenvalue weighted by Gasteiger charge is 2.32. The summed E-state index contributed by atoms with van der Waals surface area (Å²) in [5.74, 6) is -1.38. The minimum absolute atomic E-state index is 0.0406. The molecular weight excluding hydrogens is 244 g/mol. The summed E-state index contributed by atoms with van der Waals surface area (Å²) in [7, 11) is 0. The van der Waals surface area contributed by atoms with Gasteiger partial charge in [0.05, 0.1) is 5.56 Å². The Bertz CT molecular complexity index is 744. The molecule has 4 nitrogen and oxygen atoms in total. The van der Waals surface area contributed by atoms with Crippen molar-refractivity contribution >= 4 is 11.6 Å². The minimum Gasteiger partial charge on any atom is -0.508 e. The zero-order chi connectivity index (χ0) is 13.7. The Balaban J connectivity index is 2.36. The van der Waals surface area contributed by atoms with Gasteiger partial charge in [-0.2, -0.15) is 0 Å². The van der Waals surface area contributed by atoms with Crippen LogP contribution in [0.1, 0.15) is 37.4 Å². The lowest BCUT2D eigenvalue weighted by atomic mass is 9.83. The number of aryl methyl sites for hydroxylation is 1. The molecule has 0 bridgehead atoms. The van der Waals surface area contributed by atoms with Crippen molar-refractivity contribution < 1.29 is 19.8 Å². The van der Waals surface area contributed by atoms with Crippen LogP contribution in [0.4, 0.5) is 0 Å². The molecule has 1 aliphatic rings. The fourth-order valence-electron chi connectivity index (χ4n) is 2.35. The van der Waals surface area contributed by atoms with Crippen molar-refractivity contribution in [1.82, 2.24) is 0 Å². The number of phenols is 2. The number of phenolic OH excluding ortho intramolecular Hbond substituents is 2. The zero-order valence-electron chi connectivity index (χ0n) is 10.1. The van der Waals surface area contributed by atoms with Crippen LogP contribution in [0.2, 0.25) is 0 Å². The molecule has 2 aromatic rings. The Morgan fingerprint density at radius 2 is 1.58 bits per heavy atom. The van der Waals surface area contributed by atoms with Gasteiger partial charge in [-0.3, -0.25) is 9.59 Å². The van der Waals surface area contributed by atoms with Crippen LogP contribution in [-0.4, -0.2) is 21.8 Å². The highest BCUT2D eigenvalue weighted by atomic mass is 16.3. The molecule has 0 aromatic heterocycles. The Morgan fingerprint density at radius 3 is 2.32 bits per heavy atom. The maximum absolute atomic E-state index is 12.3. The molecule has 19 heavy (non-hydrogen) atoms. The molecule has 2 N–H and O–H groups in total. The van der Waals surface area contributed by atoms with E-state index in [1.807, 2.05) is 6.92 Å². The predicted molar refractivity (Wildman–Crippen MR) is 67.8 cm³/mol. The molecule has 2 aromatic carbocycles. The van der Waals surface area contributed by atoms with Crippen molar-refractivity contribution in [2.45, 2.75) is 6.92 Å². The summed E-state index contributed by atoms with van der Waals surface area (Å²) in [6, 6.07) is 7.24. The summed E-state index contributed by atoms with van der Waals surface area (Å²) in [5, 5.41) is 19.2. The van der Waals surface area contributed by atoms with Gasteiger partial charge in [-0.25, -0.2) is 0 Å². The lowest BCUT2D eigenvalue weighted by Crippen LogP contribution is -2.21. The number of ketones is 2. The third-order valence-electron chi connectivity index (χ3n) is 3.24. The Morgan fingerprint density at radius 1 is 0.842 bits per heavy atom. The monoisotopic (exact) mass is 254 g/mol. The number of benzene rings is 2. The number of hydrogen-bond donors (Lipinski definition) is 2. The van der Waals surface area contributed by atoms with E-state index in [4.69, 9.17) is 0 Å². The Labute approximate surface area is 108 Å². The molecule has 0 heterocycles. The average molecular weight is 254 g/mol. The second-order valence-corrected chi connectivity index (χ2v) is 4.59. The second kappa shape index (κ2) is 3.68. The van der Waals surface area contributed by atoms with Gasteiger partial charge in [-0.05, 0) is 19.1 Å². The van der Waals surface area contributed by atoms with E-state index in [0.29, 0.717) is 11.1 Å². The van der Waals surface area contributed by atoms with Gasteiger partial charge in [0.25, 0.3) is 0 Å². The van der Waals surface area contributed by atoms with Crippen LogP contribution in [0.5, 0.6) is 11.5 Å². The van der Waals surface area contributed by atoms with E-state index in [9.17, 15) is 19.8 Å². The van der Waals surface area contributed by atoms with Gasteiger partial charge in [-0.1, -0.05) is 17.7 Å². The van der Waals surface area contributed by atoms with E-state index < -0.39 is 5.78 Å². The fourth-order valence-corrected chi connectivity index (χ4v) is 2.35. The first kappa shape index (κ1) is 11.5. The molecule has 94 valence electrons. The molecule has 0 amide bonds. The van der Waals surface area contributed by atoms with Crippen LogP contribution in [0.3, 0.4) is 0 Å². The minimum atomic E-state index is -0.397. The van der Waals surface area contributed by atoms with Crippen LogP contribution in [0.25, 0.3) is 0 Å². The standard InChI is InChI=1S/C15H10O4/c1-7-2-3-9-10(4-7)15(19)13-11(14(9)18)5-8(16)6-12(13)17/h2-6,16-17H,1H3. The van der Waals surface area contributed by atoms with E-state index in [1.54, 1.807) is 18.2 Å². The fraction of sp³-hybridized carbons (Fsp3) is 0.0667. The van der Waals surface area contributed by atoms with Gasteiger partial charge in [0.2, 0.25) is 0 Å². The normalized spacial score (nSPS) is 13.1. The number of rotatable bonds is 0. The number of aromatic hydroxyl groups is 2. The van der Waals surface area contributed by atoms with Crippen molar-refractivity contribution in [1.29, 1.82) is 0 Å². The van der Waals surface area contributed by atoms with E-state index in [1.165, 1.54) is 6.07 Å². The maximum Gasteiger partial charge on any atom is 0.198 e. The van der Waals surface area contributed by atoms with Crippen LogP contribution < -0.4 is 0 Å². The van der Waals surface area contributed by atoms with Crippen LogP contribution in [0.15, 0.2) is 30.3 Å². The topological polar surface area (TPSA) is 74.6 Å². The summed E-state index contributed by atoms with van der Waals surface area (Å²) < 4.78 is 0. The van der Waals surface area contributed by atoms with Crippen molar-refractivity contribution in [3.63, 3.8) is 0 Å². The predicted octanol–water partition coefficient (Wildman–Crippen LogP) is 2.18. The van der Waals surface area contributed by atoms with E-state index in [0.717, 1.165) is 11.6 Å². The van der Waals surface area contributed by atoms with E-state index >= 15 is 0 Å². The lowest BCUT2D eigenvalue weighted by molar-refractivity contribution is 0.0976. The molecule has 0 saturated heterocycles. The molecule has 0 spiro atoms. The average Bonchev–Trinajstić information content (AvgIpc) is 2.35. The molecule has 1 aliphatic carbocycles. The van der Waals surface area contributed by atoms with Gasteiger partial charge in [0.1, 0.15) is 11.5 Å². The Hall–Kier alpha value is -2.62. The first-order valence-corrected chi connectivity index (χ1v) is 5.75. The Kier molecular flexibility index (Phi) is 2.22. The molecule has 0 unspecified atom stereocenters. The van der Waals surface area contributed by atoms with Crippen LogP contribution in [-0.2, 0) is 0 Å². The smallest absolute Gasteiger partial charge is 0.198 e. The number of carbonyl (C=O) groups is 2. The first-order chi connectivity index (χ1) is 8.99. The quantitative estimate of drug-likeness (QED) is 0.644. The SMILES string of the molecule is Cc1ccc2c(c1)C(=O)c1c(O)cc(O)cc1C2=O. The summed E-state index contributed by atoms with van der Waals surface area (Å²) in [6.45, 7) is 1.82. The highest BCUT2D eigenvalue weighted by molar-refractivity contribution is 6.29. The summed E-state index contributed by atoms with van der Waals surface area (Å²) in [5.41, 5.74) is 1.45. The molecule has 0 aliphatic heterocycles. The van der Waals surface area contributed by atoms with Gasteiger partial charge < -0.3 is 10.2 Å². The van der Waals surface area contributed by atoms with Crippen molar-refractivity contribution in [3.8, 4) is 11.5 Å². The van der Waals surface area contributed by atoms with Crippen molar-refractivity contribution in [2.75, 3.05) is 0 Å². The third kappa shape index (κ3) is 1.53. The van der Waals surface area contributed by atoms with Gasteiger partial charge >= 0.3 is 0 Å². The molecule has 0 saturated carbocycles.